The minimum atomic E-state index is -3.79. The third-order valence-electron chi connectivity index (χ3n) is 4.61. The van der Waals surface area contributed by atoms with Gasteiger partial charge in [0.15, 0.2) is 9.84 Å². The van der Waals surface area contributed by atoms with Crippen molar-refractivity contribution in [1.29, 1.82) is 0 Å². The minimum absolute atomic E-state index is 0.0531. The number of amides is 2. The normalized spacial score (nSPS) is 15.1. The highest BCUT2D eigenvalue weighted by Gasteiger charge is 2.27. The molecular weight excluding hydrogens is 415 g/mol. The third kappa shape index (κ3) is 4.97. The first-order chi connectivity index (χ1) is 13.7. The molecule has 2 aromatic carbocycles. The smallest absolute Gasteiger partial charge is 0.225 e. The number of rotatable bonds is 5. The summed E-state index contributed by atoms with van der Waals surface area (Å²) < 4.78 is 39.1. The highest BCUT2D eigenvalue weighted by atomic mass is 32.2. The second-order valence-electron chi connectivity index (χ2n) is 6.87. The van der Waals surface area contributed by atoms with Gasteiger partial charge < -0.3 is 10.6 Å². The van der Waals surface area contributed by atoms with E-state index in [1.54, 1.807) is 13.0 Å². The number of carbonyl (C=O) groups excluding carboxylic acids is 2. The molecule has 3 rings (SSSR count). The number of halogens is 1. The molecule has 1 heterocycles. The van der Waals surface area contributed by atoms with Gasteiger partial charge in [-0.25, -0.2) is 12.8 Å². The maximum absolute atomic E-state index is 13.2. The summed E-state index contributed by atoms with van der Waals surface area (Å²) in [7, 11) is -3.79. The summed E-state index contributed by atoms with van der Waals surface area (Å²) >= 11 is 1.49. The molecular formula is C20H21FN2O4S2. The Morgan fingerprint density at radius 1 is 1.28 bits per heavy atom. The fourth-order valence-corrected chi connectivity index (χ4v) is 5.26. The molecule has 0 saturated carbocycles. The predicted molar refractivity (Wildman–Crippen MR) is 111 cm³/mol. The number of benzene rings is 2. The van der Waals surface area contributed by atoms with E-state index in [1.807, 2.05) is 0 Å². The van der Waals surface area contributed by atoms with Crippen LogP contribution in [0.4, 0.5) is 15.8 Å². The number of hydrogen-bond acceptors (Lipinski definition) is 5. The molecule has 2 aromatic rings. The van der Waals surface area contributed by atoms with Crippen molar-refractivity contribution in [2.24, 2.45) is 0 Å². The van der Waals surface area contributed by atoms with E-state index in [1.165, 1.54) is 49.0 Å². The molecule has 0 fully saturated rings. The molecule has 1 aliphatic heterocycles. The Morgan fingerprint density at radius 3 is 2.76 bits per heavy atom. The van der Waals surface area contributed by atoms with Crippen molar-refractivity contribution in [3.05, 3.63) is 47.8 Å². The lowest BCUT2D eigenvalue weighted by molar-refractivity contribution is -0.116. The summed E-state index contributed by atoms with van der Waals surface area (Å²) in [6.07, 6.45) is 0.109. The average Bonchev–Trinajstić information content (AvgIpc) is 2.83. The van der Waals surface area contributed by atoms with Crippen molar-refractivity contribution in [2.45, 2.75) is 41.7 Å². The second kappa shape index (κ2) is 8.54. The monoisotopic (exact) mass is 436 g/mol. The quantitative estimate of drug-likeness (QED) is 0.745. The van der Waals surface area contributed by atoms with E-state index in [0.717, 1.165) is 4.90 Å². The fourth-order valence-electron chi connectivity index (χ4n) is 2.95. The van der Waals surface area contributed by atoms with Crippen LogP contribution in [0.5, 0.6) is 0 Å². The van der Waals surface area contributed by atoms with Crippen LogP contribution in [0, 0.1) is 12.7 Å². The zero-order valence-corrected chi connectivity index (χ0v) is 17.6. The molecule has 154 valence electrons. The first-order valence-corrected chi connectivity index (χ1v) is 11.6. The van der Waals surface area contributed by atoms with Gasteiger partial charge in [-0.15, -0.1) is 11.8 Å². The van der Waals surface area contributed by atoms with Gasteiger partial charge in [0, 0.05) is 29.2 Å². The zero-order chi connectivity index (χ0) is 21.2. The number of fused-ring (bicyclic) bond motifs is 1. The third-order valence-corrected chi connectivity index (χ3v) is 7.82. The van der Waals surface area contributed by atoms with Gasteiger partial charge in [0.25, 0.3) is 0 Å². The number of sulfone groups is 1. The number of hydrogen-bond donors (Lipinski definition) is 2. The van der Waals surface area contributed by atoms with Gasteiger partial charge in [-0.3, -0.25) is 9.59 Å². The van der Waals surface area contributed by atoms with Crippen molar-refractivity contribution >= 4 is 44.8 Å². The van der Waals surface area contributed by atoms with Gasteiger partial charge in [0.1, 0.15) is 5.82 Å². The second-order valence-corrected chi connectivity index (χ2v) is 10.4. The van der Waals surface area contributed by atoms with Crippen LogP contribution in [0.25, 0.3) is 0 Å². The lowest BCUT2D eigenvalue weighted by Gasteiger charge is -2.15. The van der Waals surface area contributed by atoms with E-state index < -0.39 is 26.8 Å². The molecule has 0 radical (unpaired) electrons. The SMILES string of the molecule is Cc1cc(F)ccc1NC(=O)C[C@@H](C)S(=O)(=O)c1ccc2c(c1)NC(=O)CCS2. The number of carbonyl (C=O) groups is 2. The first kappa shape index (κ1) is 21.3. The first-order valence-electron chi connectivity index (χ1n) is 9.03. The Hall–Kier alpha value is -2.39. The van der Waals surface area contributed by atoms with E-state index in [-0.39, 0.29) is 17.2 Å². The van der Waals surface area contributed by atoms with Gasteiger partial charge in [0.2, 0.25) is 11.8 Å². The Kier molecular flexibility index (Phi) is 6.28. The molecule has 0 bridgehead atoms. The lowest BCUT2D eigenvalue weighted by atomic mass is 10.2. The maximum atomic E-state index is 13.2. The van der Waals surface area contributed by atoms with Gasteiger partial charge in [-0.1, -0.05) is 0 Å². The highest BCUT2D eigenvalue weighted by molar-refractivity contribution is 7.99. The predicted octanol–water partition coefficient (Wildman–Crippen LogP) is 3.76. The van der Waals surface area contributed by atoms with Crippen molar-refractivity contribution in [3.63, 3.8) is 0 Å². The Labute approximate surface area is 173 Å². The topological polar surface area (TPSA) is 92.3 Å². The molecule has 0 spiro atoms. The molecule has 0 unspecified atom stereocenters. The van der Waals surface area contributed by atoms with Gasteiger partial charge in [0.05, 0.1) is 15.8 Å². The summed E-state index contributed by atoms with van der Waals surface area (Å²) in [5, 5.41) is 4.37. The van der Waals surface area contributed by atoms with Crippen molar-refractivity contribution in [1.82, 2.24) is 0 Å². The minimum Gasteiger partial charge on any atom is -0.326 e. The summed E-state index contributed by atoms with van der Waals surface area (Å²) in [5.74, 6) is -0.420. The van der Waals surface area contributed by atoms with Crippen LogP contribution in [0.2, 0.25) is 0 Å². The fraction of sp³-hybridized carbons (Fsp3) is 0.300. The Bertz CT molecular complexity index is 1070. The molecule has 9 heteroatoms. The van der Waals surface area contributed by atoms with E-state index in [2.05, 4.69) is 10.6 Å². The number of aryl methyl sites for hydroxylation is 1. The van der Waals surface area contributed by atoms with E-state index in [9.17, 15) is 22.4 Å². The van der Waals surface area contributed by atoms with E-state index >= 15 is 0 Å². The zero-order valence-electron chi connectivity index (χ0n) is 16.0. The number of nitrogens with one attached hydrogen (secondary N) is 2. The molecule has 6 nitrogen and oxygen atoms in total. The van der Waals surface area contributed by atoms with Crippen molar-refractivity contribution in [2.75, 3.05) is 16.4 Å². The summed E-state index contributed by atoms with van der Waals surface area (Å²) in [6, 6.07) is 8.57. The van der Waals surface area contributed by atoms with Crippen molar-refractivity contribution < 1.29 is 22.4 Å². The standard InChI is InChI=1S/C20H21FN2O4S2/c1-12-9-14(21)3-5-16(12)22-20(25)10-13(2)29(26,27)15-4-6-18-17(11-15)23-19(24)7-8-28-18/h3-6,9,11,13H,7-8,10H2,1-2H3,(H,22,25)(H,23,24)/t13-/m1/s1. The van der Waals surface area contributed by atoms with Crippen molar-refractivity contribution in [3.8, 4) is 0 Å². The molecule has 29 heavy (non-hydrogen) atoms. The molecule has 1 aliphatic rings. The van der Waals surface area contributed by atoms with Crippen LogP contribution in [-0.2, 0) is 19.4 Å². The van der Waals surface area contributed by atoms with Crippen LogP contribution in [0.15, 0.2) is 46.2 Å². The largest absolute Gasteiger partial charge is 0.326 e. The summed E-state index contributed by atoms with van der Waals surface area (Å²) in [4.78, 5) is 25.0. The van der Waals surface area contributed by atoms with Crippen LogP contribution in [0.3, 0.4) is 0 Å². The molecule has 2 amide bonds. The Morgan fingerprint density at radius 2 is 2.03 bits per heavy atom. The average molecular weight is 437 g/mol. The van der Waals surface area contributed by atoms with E-state index in [0.29, 0.717) is 29.1 Å². The maximum Gasteiger partial charge on any atom is 0.225 e. The molecule has 1 atom stereocenters. The molecule has 0 saturated heterocycles. The summed E-state index contributed by atoms with van der Waals surface area (Å²) in [5.41, 5.74) is 1.45. The number of anilines is 2. The van der Waals surface area contributed by atoms with Crippen LogP contribution < -0.4 is 10.6 Å². The van der Waals surface area contributed by atoms with Gasteiger partial charge in [-0.2, -0.15) is 0 Å². The van der Waals surface area contributed by atoms with E-state index in [4.69, 9.17) is 0 Å². The van der Waals surface area contributed by atoms with Crippen LogP contribution in [-0.4, -0.2) is 31.2 Å². The highest BCUT2D eigenvalue weighted by Crippen LogP contribution is 2.33. The van der Waals surface area contributed by atoms with Gasteiger partial charge in [-0.05, 0) is 55.8 Å². The summed E-state index contributed by atoms with van der Waals surface area (Å²) in [6.45, 7) is 3.12. The number of thioether (sulfide) groups is 1. The lowest BCUT2D eigenvalue weighted by Crippen LogP contribution is -2.25. The molecule has 2 N–H and O–H groups in total. The molecule has 0 aliphatic carbocycles. The molecule has 0 aromatic heterocycles. The van der Waals surface area contributed by atoms with Crippen LogP contribution in [0.1, 0.15) is 25.3 Å². The van der Waals surface area contributed by atoms with Crippen LogP contribution >= 0.6 is 11.8 Å². The Balaban J connectivity index is 1.75. The van der Waals surface area contributed by atoms with Gasteiger partial charge >= 0.3 is 0 Å².